The van der Waals surface area contributed by atoms with Crippen molar-refractivity contribution in [3.63, 3.8) is 0 Å². The van der Waals surface area contributed by atoms with Crippen molar-refractivity contribution in [2.45, 2.75) is 11.5 Å². The third-order valence-electron chi connectivity index (χ3n) is 5.12. The zero-order chi connectivity index (χ0) is 26.3. The molecular formula is C27H21Cl2N3O4S. The van der Waals surface area contributed by atoms with Crippen LogP contribution < -0.4 is 14.9 Å². The van der Waals surface area contributed by atoms with Crippen molar-refractivity contribution in [1.29, 1.82) is 0 Å². The molecular weight excluding hydrogens is 533 g/mol. The van der Waals surface area contributed by atoms with E-state index in [1.54, 1.807) is 48.5 Å². The molecule has 4 rings (SSSR count). The van der Waals surface area contributed by atoms with E-state index in [1.165, 1.54) is 42.6 Å². The Morgan fingerprint density at radius 1 is 0.838 bits per heavy atom. The fraction of sp³-hybridized carbons (Fsp3) is 0.0370. The Labute approximate surface area is 224 Å². The molecule has 4 aromatic carbocycles. The number of hydrogen-bond donors (Lipinski definition) is 2. The van der Waals surface area contributed by atoms with Crippen molar-refractivity contribution in [2.75, 3.05) is 4.72 Å². The Balaban J connectivity index is 1.36. The topological polar surface area (TPSA) is 96.9 Å². The van der Waals surface area contributed by atoms with Gasteiger partial charge in [-0.2, -0.15) is 5.10 Å². The molecule has 0 radical (unpaired) electrons. The molecule has 0 unspecified atom stereocenters. The monoisotopic (exact) mass is 553 g/mol. The molecule has 37 heavy (non-hydrogen) atoms. The van der Waals surface area contributed by atoms with Crippen molar-refractivity contribution in [1.82, 2.24) is 5.43 Å². The minimum atomic E-state index is -3.92. The maximum atomic E-state index is 12.7. The molecule has 0 aromatic heterocycles. The summed E-state index contributed by atoms with van der Waals surface area (Å²) < 4.78 is 33.6. The van der Waals surface area contributed by atoms with Crippen molar-refractivity contribution < 1.29 is 17.9 Å². The number of hydrazone groups is 1. The summed E-state index contributed by atoms with van der Waals surface area (Å²) in [5.74, 6) is 0.103. The maximum Gasteiger partial charge on any atom is 0.273 e. The molecule has 4 aromatic rings. The number of sulfonamides is 1. The van der Waals surface area contributed by atoms with Gasteiger partial charge in [-0.05, 0) is 83.9 Å². The smallest absolute Gasteiger partial charge is 0.273 e. The average Bonchev–Trinajstić information content (AvgIpc) is 2.89. The predicted octanol–water partition coefficient (Wildman–Crippen LogP) is 6.14. The van der Waals surface area contributed by atoms with Crippen molar-refractivity contribution >= 4 is 51.0 Å². The number of carbonyl (C=O) groups excluding carboxylic acids is 1. The van der Waals surface area contributed by atoms with Crippen LogP contribution in [0.5, 0.6) is 5.75 Å². The Hall–Kier alpha value is -3.85. The van der Waals surface area contributed by atoms with Crippen molar-refractivity contribution in [3.8, 4) is 5.75 Å². The number of nitrogens with one attached hydrogen (secondary N) is 2. The van der Waals surface area contributed by atoms with E-state index in [0.717, 1.165) is 11.1 Å². The minimum absolute atomic E-state index is 0.0192. The number of benzene rings is 4. The summed E-state index contributed by atoms with van der Waals surface area (Å²) in [7, 11) is -3.92. The number of ether oxygens (including phenoxy) is 1. The van der Waals surface area contributed by atoms with Gasteiger partial charge < -0.3 is 4.74 Å². The number of nitrogens with zero attached hydrogens (tertiary/aromatic N) is 1. The van der Waals surface area contributed by atoms with Crippen LogP contribution in [0.25, 0.3) is 0 Å². The van der Waals surface area contributed by atoms with Gasteiger partial charge in [-0.15, -0.1) is 0 Å². The van der Waals surface area contributed by atoms with Crippen molar-refractivity contribution in [2.24, 2.45) is 5.10 Å². The number of carbonyl (C=O) groups is 1. The van der Waals surface area contributed by atoms with E-state index in [4.69, 9.17) is 27.9 Å². The van der Waals surface area contributed by atoms with Crippen molar-refractivity contribution in [3.05, 3.63) is 124 Å². The molecule has 0 spiro atoms. The second kappa shape index (κ2) is 11.9. The van der Waals surface area contributed by atoms with E-state index in [0.29, 0.717) is 22.4 Å². The fourth-order valence-electron chi connectivity index (χ4n) is 3.21. The Morgan fingerprint density at radius 3 is 2.14 bits per heavy atom. The molecule has 1 amide bonds. The summed E-state index contributed by atoms with van der Waals surface area (Å²) in [6.07, 6.45) is 1.47. The third-order valence-corrected chi connectivity index (χ3v) is 7.00. The molecule has 188 valence electrons. The number of anilines is 1. The first-order valence-corrected chi connectivity index (χ1v) is 13.2. The van der Waals surface area contributed by atoms with Gasteiger partial charge in [-0.3, -0.25) is 9.52 Å². The van der Waals surface area contributed by atoms with Crippen LogP contribution >= 0.6 is 23.2 Å². The molecule has 7 nitrogen and oxygen atoms in total. The van der Waals surface area contributed by atoms with Gasteiger partial charge in [-0.1, -0.05) is 47.5 Å². The molecule has 0 fully saturated rings. The molecule has 0 aliphatic rings. The highest BCUT2D eigenvalue weighted by Gasteiger charge is 2.18. The van der Waals surface area contributed by atoms with Crippen LogP contribution in [0.4, 0.5) is 5.69 Å². The Kier molecular flexibility index (Phi) is 8.45. The summed E-state index contributed by atoms with van der Waals surface area (Å²) in [5, 5.41) is 5.07. The summed E-state index contributed by atoms with van der Waals surface area (Å²) in [5.41, 5.74) is 4.38. The number of hydrogen-bond acceptors (Lipinski definition) is 5. The summed E-state index contributed by atoms with van der Waals surface area (Å²) in [6, 6.07) is 26.5. The van der Waals surface area contributed by atoms with Crippen LogP contribution in [-0.2, 0) is 16.6 Å². The average molecular weight is 554 g/mol. The first kappa shape index (κ1) is 26.2. The quantitative estimate of drug-likeness (QED) is 0.192. The molecule has 2 N–H and O–H groups in total. The van der Waals surface area contributed by atoms with Gasteiger partial charge in [0.1, 0.15) is 12.4 Å². The summed E-state index contributed by atoms with van der Waals surface area (Å²) in [4.78, 5) is 12.7. The van der Waals surface area contributed by atoms with E-state index >= 15 is 0 Å². The maximum absolute atomic E-state index is 12.7. The second-order valence-corrected chi connectivity index (χ2v) is 10.3. The van der Waals surface area contributed by atoms with Crippen LogP contribution in [0.15, 0.2) is 107 Å². The standard InChI is InChI=1S/C27H21Cl2N3O4S/c28-21-9-5-20(6-10-21)18-36-23-13-7-19(8-14-23)17-30-31-27(33)25-3-1-2-4-26(25)32-37(34,35)24-15-11-22(29)12-16-24/h1-17,32H,18H2,(H,31,33)/b30-17+. The van der Waals surface area contributed by atoms with Crippen LogP contribution in [0.2, 0.25) is 10.0 Å². The van der Waals surface area contributed by atoms with Gasteiger partial charge in [0.15, 0.2) is 0 Å². The highest BCUT2D eigenvalue weighted by molar-refractivity contribution is 7.92. The van der Waals surface area contributed by atoms with Gasteiger partial charge in [0, 0.05) is 10.0 Å². The first-order chi connectivity index (χ1) is 17.8. The lowest BCUT2D eigenvalue weighted by atomic mass is 10.2. The third kappa shape index (κ3) is 7.33. The molecule has 10 heteroatoms. The lowest BCUT2D eigenvalue weighted by molar-refractivity contribution is 0.0956. The minimum Gasteiger partial charge on any atom is -0.489 e. The summed E-state index contributed by atoms with van der Waals surface area (Å²) in [6.45, 7) is 0.405. The summed E-state index contributed by atoms with van der Waals surface area (Å²) >= 11 is 11.7. The Bertz CT molecular complexity index is 1510. The van der Waals surface area contributed by atoms with E-state index in [1.807, 2.05) is 12.1 Å². The highest BCUT2D eigenvalue weighted by Crippen LogP contribution is 2.21. The highest BCUT2D eigenvalue weighted by atomic mass is 35.5. The van der Waals surface area contributed by atoms with Gasteiger partial charge in [-0.25, -0.2) is 13.8 Å². The van der Waals surface area contributed by atoms with E-state index in [-0.39, 0.29) is 16.1 Å². The van der Waals surface area contributed by atoms with E-state index < -0.39 is 15.9 Å². The fourth-order valence-corrected chi connectivity index (χ4v) is 4.54. The molecule has 0 atom stereocenters. The molecule has 0 saturated heterocycles. The zero-order valence-corrected chi connectivity index (χ0v) is 21.6. The van der Waals surface area contributed by atoms with E-state index in [9.17, 15) is 13.2 Å². The number of para-hydroxylation sites is 1. The second-order valence-electron chi connectivity index (χ2n) is 7.79. The largest absolute Gasteiger partial charge is 0.489 e. The molecule has 0 saturated carbocycles. The normalized spacial score (nSPS) is 11.3. The van der Waals surface area contributed by atoms with Crippen LogP contribution in [0.1, 0.15) is 21.5 Å². The first-order valence-electron chi connectivity index (χ1n) is 11.0. The van der Waals surface area contributed by atoms with Gasteiger partial charge in [0.05, 0.1) is 22.4 Å². The van der Waals surface area contributed by atoms with Gasteiger partial charge in [0.25, 0.3) is 15.9 Å². The van der Waals surface area contributed by atoms with Gasteiger partial charge >= 0.3 is 0 Å². The Morgan fingerprint density at radius 2 is 1.46 bits per heavy atom. The SMILES string of the molecule is O=C(N/N=C/c1ccc(OCc2ccc(Cl)cc2)cc1)c1ccccc1NS(=O)(=O)c1ccc(Cl)cc1. The lowest BCUT2D eigenvalue weighted by Crippen LogP contribution is -2.21. The number of amides is 1. The van der Waals surface area contributed by atoms with Crippen LogP contribution in [0, 0.1) is 0 Å². The molecule has 0 aliphatic carbocycles. The van der Waals surface area contributed by atoms with E-state index in [2.05, 4.69) is 15.2 Å². The van der Waals surface area contributed by atoms with Crippen LogP contribution in [0.3, 0.4) is 0 Å². The number of halogens is 2. The lowest BCUT2D eigenvalue weighted by Gasteiger charge is -2.11. The predicted molar refractivity (Wildman–Crippen MR) is 146 cm³/mol. The van der Waals surface area contributed by atoms with Crippen LogP contribution in [-0.4, -0.2) is 20.5 Å². The number of rotatable bonds is 9. The molecule has 0 bridgehead atoms. The molecule has 0 heterocycles. The van der Waals surface area contributed by atoms with Gasteiger partial charge in [0.2, 0.25) is 0 Å². The zero-order valence-electron chi connectivity index (χ0n) is 19.3. The molecule has 0 aliphatic heterocycles.